The standard InChI is InChI=1S/C18H26N2O5S/c1-4-24-16-8-13-7-12(2)25-15(13)9-14(16)20-17(21)10-19-18(3)5-6-26(22,23)11-18/h8-9,12,19H,4-7,10-11H2,1-3H3,(H,20,21). The van der Waals surface area contributed by atoms with E-state index in [4.69, 9.17) is 9.47 Å². The predicted octanol–water partition coefficient (Wildman–Crippen LogP) is 1.51. The summed E-state index contributed by atoms with van der Waals surface area (Å²) in [5.74, 6) is 1.35. The van der Waals surface area contributed by atoms with Crippen molar-refractivity contribution in [2.75, 3.05) is 30.0 Å². The molecule has 1 amide bonds. The maximum absolute atomic E-state index is 12.4. The molecule has 144 valence electrons. The van der Waals surface area contributed by atoms with Crippen LogP contribution in [-0.2, 0) is 21.1 Å². The van der Waals surface area contributed by atoms with Crippen LogP contribution < -0.4 is 20.1 Å². The second-order valence-electron chi connectivity index (χ2n) is 7.33. The Kier molecular flexibility index (Phi) is 5.16. The van der Waals surface area contributed by atoms with Gasteiger partial charge >= 0.3 is 0 Å². The Morgan fingerprint density at radius 3 is 2.85 bits per heavy atom. The molecule has 3 rings (SSSR count). The molecule has 1 fully saturated rings. The highest BCUT2D eigenvalue weighted by molar-refractivity contribution is 7.91. The van der Waals surface area contributed by atoms with Crippen molar-refractivity contribution in [3.63, 3.8) is 0 Å². The highest BCUT2D eigenvalue weighted by Gasteiger charge is 2.38. The number of ether oxygens (including phenoxy) is 2. The highest BCUT2D eigenvalue weighted by Crippen LogP contribution is 2.38. The van der Waals surface area contributed by atoms with Crippen LogP contribution in [0.4, 0.5) is 5.69 Å². The third-order valence-electron chi connectivity index (χ3n) is 4.75. The van der Waals surface area contributed by atoms with Gasteiger partial charge in [0.15, 0.2) is 9.84 Å². The normalized spacial score (nSPS) is 26.2. The van der Waals surface area contributed by atoms with E-state index in [0.29, 0.717) is 24.5 Å². The molecule has 2 aliphatic rings. The number of sulfone groups is 1. The van der Waals surface area contributed by atoms with E-state index in [1.165, 1.54) is 0 Å². The Balaban J connectivity index is 1.66. The van der Waals surface area contributed by atoms with Crippen molar-refractivity contribution in [1.82, 2.24) is 5.32 Å². The molecule has 1 aromatic carbocycles. The molecule has 2 atom stereocenters. The molecule has 26 heavy (non-hydrogen) atoms. The average molecular weight is 382 g/mol. The molecule has 7 nitrogen and oxygen atoms in total. The number of hydrogen-bond acceptors (Lipinski definition) is 6. The fourth-order valence-electron chi connectivity index (χ4n) is 3.45. The molecule has 0 aromatic heterocycles. The molecular weight excluding hydrogens is 356 g/mol. The van der Waals surface area contributed by atoms with Gasteiger partial charge in [0.25, 0.3) is 0 Å². The third kappa shape index (κ3) is 4.29. The van der Waals surface area contributed by atoms with Crippen LogP contribution in [-0.4, -0.2) is 50.6 Å². The molecule has 0 bridgehead atoms. The largest absolute Gasteiger partial charge is 0.492 e. The van der Waals surface area contributed by atoms with Crippen LogP contribution in [0.1, 0.15) is 32.8 Å². The van der Waals surface area contributed by atoms with E-state index < -0.39 is 15.4 Å². The van der Waals surface area contributed by atoms with E-state index in [9.17, 15) is 13.2 Å². The maximum atomic E-state index is 12.4. The zero-order chi connectivity index (χ0) is 18.9. The summed E-state index contributed by atoms with van der Waals surface area (Å²) in [5.41, 5.74) is 1.08. The zero-order valence-electron chi connectivity index (χ0n) is 15.4. The molecule has 2 N–H and O–H groups in total. The van der Waals surface area contributed by atoms with Gasteiger partial charge in [0.05, 0.1) is 30.3 Å². The second-order valence-corrected chi connectivity index (χ2v) is 9.51. The smallest absolute Gasteiger partial charge is 0.238 e. The van der Waals surface area contributed by atoms with Gasteiger partial charge in [-0.15, -0.1) is 0 Å². The number of anilines is 1. The van der Waals surface area contributed by atoms with E-state index >= 15 is 0 Å². The van der Waals surface area contributed by atoms with Crippen molar-refractivity contribution in [3.05, 3.63) is 17.7 Å². The summed E-state index contributed by atoms with van der Waals surface area (Å²) in [6.07, 6.45) is 1.44. The van der Waals surface area contributed by atoms with Crippen molar-refractivity contribution < 1.29 is 22.7 Å². The first-order valence-electron chi connectivity index (χ1n) is 8.91. The number of hydrogen-bond donors (Lipinski definition) is 2. The van der Waals surface area contributed by atoms with E-state index in [1.807, 2.05) is 26.8 Å². The Hall–Kier alpha value is -1.80. The molecular formula is C18H26N2O5S. The lowest BCUT2D eigenvalue weighted by molar-refractivity contribution is -0.115. The van der Waals surface area contributed by atoms with Crippen molar-refractivity contribution in [1.29, 1.82) is 0 Å². The third-order valence-corrected chi connectivity index (χ3v) is 6.65. The van der Waals surface area contributed by atoms with Crippen LogP contribution in [0.15, 0.2) is 12.1 Å². The highest BCUT2D eigenvalue weighted by atomic mass is 32.2. The summed E-state index contributed by atoms with van der Waals surface area (Å²) in [4.78, 5) is 12.4. The van der Waals surface area contributed by atoms with Gasteiger partial charge in [-0.3, -0.25) is 4.79 Å². The van der Waals surface area contributed by atoms with Gasteiger partial charge in [-0.25, -0.2) is 8.42 Å². The van der Waals surface area contributed by atoms with Gasteiger partial charge in [-0.2, -0.15) is 0 Å². The van der Waals surface area contributed by atoms with Crippen molar-refractivity contribution >= 4 is 21.4 Å². The molecule has 2 unspecified atom stereocenters. The minimum Gasteiger partial charge on any atom is -0.492 e. The number of rotatable bonds is 6. The Labute approximate surface area is 154 Å². The molecule has 0 saturated carbocycles. The van der Waals surface area contributed by atoms with E-state index in [-0.39, 0.29) is 30.1 Å². The molecule has 1 saturated heterocycles. The van der Waals surface area contributed by atoms with E-state index in [1.54, 1.807) is 6.07 Å². The van der Waals surface area contributed by atoms with Crippen LogP contribution in [0.5, 0.6) is 11.5 Å². The van der Waals surface area contributed by atoms with Crippen LogP contribution in [0, 0.1) is 0 Å². The lowest BCUT2D eigenvalue weighted by Crippen LogP contribution is -2.46. The first kappa shape index (κ1) is 19.0. The summed E-state index contributed by atoms with van der Waals surface area (Å²) in [7, 11) is -3.02. The Bertz CT molecular complexity index is 808. The van der Waals surface area contributed by atoms with Crippen LogP contribution in [0.3, 0.4) is 0 Å². The molecule has 0 aliphatic carbocycles. The Morgan fingerprint density at radius 2 is 2.19 bits per heavy atom. The first-order chi connectivity index (χ1) is 12.2. The minimum absolute atomic E-state index is 0.0337. The maximum Gasteiger partial charge on any atom is 0.238 e. The number of carbonyl (C=O) groups excluding carboxylic acids is 1. The quantitative estimate of drug-likeness (QED) is 0.775. The van der Waals surface area contributed by atoms with Crippen molar-refractivity contribution in [2.24, 2.45) is 0 Å². The van der Waals surface area contributed by atoms with Crippen LogP contribution in [0.2, 0.25) is 0 Å². The van der Waals surface area contributed by atoms with Crippen molar-refractivity contribution in [2.45, 2.75) is 45.3 Å². The monoisotopic (exact) mass is 382 g/mol. The first-order valence-corrected chi connectivity index (χ1v) is 10.7. The summed E-state index contributed by atoms with van der Waals surface area (Å²) >= 11 is 0. The summed E-state index contributed by atoms with van der Waals surface area (Å²) < 4.78 is 34.7. The topological polar surface area (TPSA) is 93.7 Å². The number of benzene rings is 1. The minimum atomic E-state index is -3.02. The number of carbonyl (C=O) groups is 1. The second kappa shape index (κ2) is 7.08. The Morgan fingerprint density at radius 1 is 1.42 bits per heavy atom. The van der Waals surface area contributed by atoms with Crippen LogP contribution >= 0.6 is 0 Å². The SMILES string of the molecule is CCOc1cc2c(cc1NC(=O)CNC1(C)CCS(=O)(=O)C1)OC(C)C2. The van der Waals surface area contributed by atoms with Gasteiger partial charge in [0.1, 0.15) is 17.6 Å². The van der Waals surface area contributed by atoms with Gasteiger partial charge in [-0.05, 0) is 33.3 Å². The van der Waals surface area contributed by atoms with Gasteiger partial charge in [0, 0.05) is 23.6 Å². The molecule has 2 aliphatic heterocycles. The molecule has 1 aromatic rings. The summed E-state index contributed by atoms with van der Waals surface area (Å²) in [6, 6.07) is 3.71. The van der Waals surface area contributed by atoms with Gasteiger partial charge in [0.2, 0.25) is 5.91 Å². The van der Waals surface area contributed by atoms with Crippen molar-refractivity contribution in [3.8, 4) is 11.5 Å². The molecule has 2 heterocycles. The van der Waals surface area contributed by atoms with Gasteiger partial charge < -0.3 is 20.1 Å². The average Bonchev–Trinajstić information content (AvgIpc) is 3.04. The molecule has 8 heteroatoms. The summed E-state index contributed by atoms with van der Waals surface area (Å²) in [6.45, 7) is 6.25. The molecule has 0 radical (unpaired) electrons. The molecule has 0 spiro atoms. The number of fused-ring (bicyclic) bond motifs is 1. The summed E-state index contributed by atoms with van der Waals surface area (Å²) in [5, 5.41) is 5.93. The fourth-order valence-corrected chi connectivity index (χ4v) is 5.57. The van der Waals surface area contributed by atoms with Gasteiger partial charge in [-0.1, -0.05) is 0 Å². The zero-order valence-corrected chi connectivity index (χ0v) is 16.2. The fraction of sp³-hybridized carbons (Fsp3) is 0.611. The lowest BCUT2D eigenvalue weighted by atomic mass is 10.0. The van der Waals surface area contributed by atoms with Crippen LogP contribution in [0.25, 0.3) is 0 Å². The lowest BCUT2D eigenvalue weighted by Gasteiger charge is -2.23. The van der Waals surface area contributed by atoms with E-state index in [0.717, 1.165) is 17.7 Å². The number of nitrogens with one attached hydrogen (secondary N) is 2. The van der Waals surface area contributed by atoms with E-state index in [2.05, 4.69) is 10.6 Å². The number of amides is 1. The predicted molar refractivity (Wildman–Crippen MR) is 99.7 cm³/mol.